The largest absolute Gasteiger partial charge is 0.369 e. The van der Waals surface area contributed by atoms with Crippen molar-refractivity contribution in [1.29, 1.82) is 0 Å². The van der Waals surface area contributed by atoms with Crippen molar-refractivity contribution >= 4 is 15.8 Å². The molecular weight excluding hydrogens is 290 g/mol. The van der Waals surface area contributed by atoms with Gasteiger partial charge in [-0.15, -0.1) is 0 Å². The summed E-state index contributed by atoms with van der Waals surface area (Å²) in [7, 11) is -0.269. The minimum absolute atomic E-state index is 0.179. The zero-order chi connectivity index (χ0) is 15.5. The number of nitrogens with one attached hydrogen (secondary N) is 1. The molecule has 0 bridgehead atoms. The molecule has 0 aliphatic carbocycles. The van der Waals surface area contributed by atoms with Crippen molar-refractivity contribution in [1.82, 2.24) is 19.1 Å². The second-order valence-corrected chi connectivity index (χ2v) is 6.68. The fourth-order valence-electron chi connectivity index (χ4n) is 1.96. The average Bonchev–Trinajstić information content (AvgIpc) is 2.85. The van der Waals surface area contributed by atoms with Gasteiger partial charge in [0, 0.05) is 45.1 Å². The minimum Gasteiger partial charge on any atom is -0.369 e. The fourth-order valence-corrected chi connectivity index (χ4v) is 3.24. The van der Waals surface area contributed by atoms with E-state index in [1.807, 2.05) is 6.92 Å². The van der Waals surface area contributed by atoms with Crippen molar-refractivity contribution in [2.45, 2.75) is 18.4 Å². The molecule has 8 heteroatoms. The van der Waals surface area contributed by atoms with Crippen LogP contribution in [0.4, 0.5) is 5.82 Å². The second-order valence-electron chi connectivity index (χ2n) is 4.66. The van der Waals surface area contributed by atoms with Gasteiger partial charge in [0.2, 0.25) is 10.0 Å². The molecule has 7 nitrogen and oxygen atoms in total. The van der Waals surface area contributed by atoms with Crippen LogP contribution in [0, 0.1) is 0 Å². The van der Waals surface area contributed by atoms with Crippen LogP contribution in [-0.2, 0) is 23.6 Å². The molecule has 0 spiro atoms. The number of aryl methyl sites for hydroxylation is 1. The first kappa shape index (κ1) is 15.5. The molecule has 0 fully saturated rings. The van der Waals surface area contributed by atoms with Gasteiger partial charge in [-0.3, -0.25) is 4.68 Å². The van der Waals surface area contributed by atoms with Crippen LogP contribution in [-0.4, -0.2) is 41.1 Å². The zero-order valence-corrected chi connectivity index (χ0v) is 13.1. The summed E-state index contributed by atoms with van der Waals surface area (Å²) in [6, 6.07) is 3.17. The molecule has 2 heterocycles. The van der Waals surface area contributed by atoms with E-state index >= 15 is 0 Å². The molecule has 0 unspecified atom stereocenters. The van der Waals surface area contributed by atoms with Gasteiger partial charge in [0.15, 0.2) is 0 Å². The predicted molar refractivity (Wildman–Crippen MR) is 80.3 cm³/mol. The first-order valence-corrected chi connectivity index (χ1v) is 8.02. The lowest BCUT2D eigenvalue weighted by molar-refractivity contribution is 0.466. The molecule has 114 valence electrons. The molecule has 0 aliphatic heterocycles. The number of rotatable bonds is 6. The van der Waals surface area contributed by atoms with E-state index in [9.17, 15) is 8.42 Å². The summed E-state index contributed by atoms with van der Waals surface area (Å²) in [5.41, 5.74) is 0.831. The standard InChI is InChI=1S/C13H19N5O2S/c1-4-14-13-12(6-5-7-15-13)21(19,20)18(3)10-11-8-16-17(2)9-11/h5-9H,4,10H2,1-3H3,(H,14,15). The second kappa shape index (κ2) is 6.23. The molecule has 1 N–H and O–H groups in total. The minimum atomic E-state index is -3.61. The molecule has 0 saturated heterocycles. The lowest BCUT2D eigenvalue weighted by Gasteiger charge is -2.18. The summed E-state index contributed by atoms with van der Waals surface area (Å²) in [5.74, 6) is 0.373. The van der Waals surface area contributed by atoms with Crippen LogP contribution < -0.4 is 5.32 Å². The first-order valence-electron chi connectivity index (χ1n) is 6.58. The molecule has 2 aromatic rings. The van der Waals surface area contributed by atoms with Crippen molar-refractivity contribution in [2.24, 2.45) is 7.05 Å². The van der Waals surface area contributed by atoms with Crippen LogP contribution >= 0.6 is 0 Å². The summed E-state index contributed by atoms with van der Waals surface area (Å²) in [6.45, 7) is 2.76. The van der Waals surface area contributed by atoms with E-state index in [0.717, 1.165) is 5.56 Å². The highest BCUT2D eigenvalue weighted by atomic mass is 32.2. The van der Waals surface area contributed by atoms with Gasteiger partial charge in [-0.05, 0) is 19.1 Å². The number of pyridine rings is 1. The van der Waals surface area contributed by atoms with Crippen LogP contribution in [0.1, 0.15) is 12.5 Å². The van der Waals surface area contributed by atoms with Gasteiger partial charge in [-0.2, -0.15) is 9.40 Å². The van der Waals surface area contributed by atoms with Gasteiger partial charge in [-0.25, -0.2) is 13.4 Å². The Balaban J connectivity index is 2.28. The zero-order valence-electron chi connectivity index (χ0n) is 12.3. The van der Waals surface area contributed by atoms with E-state index in [1.165, 1.54) is 4.31 Å². The molecule has 0 radical (unpaired) electrons. The maximum Gasteiger partial charge on any atom is 0.246 e. The molecule has 0 aliphatic rings. The van der Waals surface area contributed by atoms with Gasteiger partial charge in [0.1, 0.15) is 10.7 Å². The highest BCUT2D eigenvalue weighted by molar-refractivity contribution is 7.89. The third-order valence-corrected chi connectivity index (χ3v) is 4.80. The van der Waals surface area contributed by atoms with E-state index in [4.69, 9.17) is 0 Å². The third-order valence-electron chi connectivity index (χ3n) is 2.97. The molecule has 21 heavy (non-hydrogen) atoms. The Morgan fingerprint density at radius 1 is 1.43 bits per heavy atom. The van der Waals surface area contributed by atoms with Crippen LogP contribution in [0.25, 0.3) is 0 Å². The van der Waals surface area contributed by atoms with Crippen molar-refractivity contribution in [3.8, 4) is 0 Å². The van der Waals surface area contributed by atoms with Crippen molar-refractivity contribution < 1.29 is 8.42 Å². The SMILES string of the molecule is CCNc1ncccc1S(=O)(=O)N(C)Cc1cnn(C)c1. The van der Waals surface area contributed by atoms with Crippen molar-refractivity contribution in [2.75, 3.05) is 18.9 Å². The quantitative estimate of drug-likeness (QED) is 0.863. The van der Waals surface area contributed by atoms with E-state index < -0.39 is 10.0 Å². The van der Waals surface area contributed by atoms with Crippen LogP contribution in [0.5, 0.6) is 0 Å². The van der Waals surface area contributed by atoms with Gasteiger partial charge in [0.05, 0.1) is 6.20 Å². The Kier molecular flexibility index (Phi) is 4.59. The summed E-state index contributed by atoms with van der Waals surface area (Å²) >= 11 is 0. The molecule has 0 amide bonds. The van der Waals surface area contributed by atoms with Gasteiger partial charge < -0.3 is 5.32 Å². The number of sulfonamides is 1. The van der Waals surface area contributed by atoms with E-state index in [1.54, 1.807) is 49.5 Å². The lowest BCUT2D eigenvalue weighted by atomic mass is 10.4. The Morgan fingerprint density at radius 2 is 2.19 bits per heavy atom. The molecule has 0 atom stereocenters. The first-order chi connectivity index (χ1) is 9.95. The average molecular weight is 309 g/mol. The van der Waals surface area contributed by atoms with Crippen LogP contribution in [0.3, 0.4) is 0 Å². The Bertz CT molecular complexity index is 711. The van der Waals surface area contributed by atoms with E-state index in [0.29, 0.717) is 12.4 Å². The summed E-state index contributed by atoms with van der Waals surface area (Å²) in [4.78, 5) is 4.27. The number of hydrogen-bond donors (Lipinski definition) is 1. The van der Waals surface area contributed by atoms with E-state index in [-0.39, 0.29) is 11.4 Å². The Labute approximate surface area is 124 Å². The van der Waals surface area contributed by atoms with Gasteiger partial charge >= 0.3 is 0 Å². The normalized spacial score (nSPS) is 11.8. The number of nitrogens with zero attached hydrogens (tertiary/aromatic N) is 4. The van der Waals surface area contributed by atoms with Crippen LogP contribution in [0.2, 0.25) is 0 Å². The van der Waals surface area contributed by atoms with Gasteiger partial charge in [0.25, 0.3) is 0 Å². The molecule has 2 rings (SSSR count). The molecule has 2 aromatic heterocycles. The summed E-state index contributed by atoms with van der Waals surface area (Å²) in [6.07, 6.45) is 5.01. The Hall–Kier alpha value is -1.93. The monoisotopic (exact) mass is 309 g/mol. The number of aromatic nitrogens is 3. The smallest absolute Gasteiger partial charge is 0.246 e. The third kappa shape index (κ3) is 3.40. The molecule has 0 aromatic carbocycles. The number of anilines is 1. The maximum absolute atomic E-state index is 12.7. The predicted octanol–water partition coefficient (Wildman–Crippen LogP) is 1.07. The van der Waals surface area contributed by atoms with Crippen molar-refractivity contribution in [3.05, 3.63) is 36.3 Å². The number of hydrogen-bond acceptors (Lipinski definition) is 5. The highest BCUT2D eigenvalue weighted by Gasteiger charge is 2.24. The maximum atomic E-state index is 12.7. The van der Waals surface area contributed by atoms with Crippen LogP contribution in [0.15, 0.2) is 35.6 Å². The van der Waals surface area contributed by atoms with E-state index in [2.05, 4.69) is 15.4 Å². The molecule has 0 saturated carbocycles. The Morgan fingerprint density at radius 3 is 2.81 bits per heavy atom. The summed E-state index contributed by atoms with van der Waals surface area (Å²) < 4.78 is 28.3. The highest BCUT2D eigenvalue weighted by Crippen LogP contribution is 2.22. The topological polar surface area (TPSA) is 80.1 Å². The fraction of sp³-hybridized carbons (Fsp3) is 0.385. The van der Waals surface area contributed by atoms with Crippen molar-refractivity contribution in [3.63, 3.8) is 0 Å². The van der Waals surface area contributed by atoms with Gasteiger partial charge in [-0.1, -0.05) is 0 Å². The lowest BCUT2D eigenvalue weighted by Crippen LogP contribution is -2.27. The summed E-state index contributed by atoms with van der Waals surface area (Å²) in [5, 5.41) is 7.01. The molecular formula is C13H19N5O2S.